The molecule has 61 heavy (non-hydrogen) atoms. The van der Waals surface area contributed by atoms with Gasteiger partial charge in [-0.2, -0.15) is 0 Å². The van der Waals surface area contributed by atoms with Crippen LogP contribution in [0.5, 0.6) is 0 Å². The van der Waals surface area contributed by atoms with Gasteiger partial charge in [0.05, 0.1) is 37.9 Å². The van der Waals surface area contributed by atoms with Gasteiger partial charge in [-0.15, -0.1) is 0 Å². The molecular formula is C51H99N2O7P. The smallest absolute Gasteiger partial charge is 0.393 e. The molecule has 0 aromatic rings. The zero-order valence-corrected chi connectivity index (χ0v) is 40.7. The number of aliphatic hydroxyl groups excluding tert-OH is 2. The number of nitrogens with one attached hydrogen (secondary N) is 1. The average Bonchev–Trinajstić information content (AvgIpc) is 3.24. The van der Waals surface area contributed by atoms with Crippen LogP contribution in [0.25, 0.3) is 0 Å². The number of amides is 1. The van der Waals surface area contributed by atoms with E-state index in [-0.39, 0.29) is 19.6 Å². The topological polar surface area (TPSA) is 151 Å². The molecule has 0 heterocycles. The second kappa shape index (κ2) is 46.7. The van der Waals surface area contributed by atoms with E-state index in [1.54, 1.807) is 6.08 Å². The van der Waals surface area contributed by atoms with Crippen LogP contribution in [0.3, 0.4) is 0 Å². The van der Waals surface area contributed by atoms with Gasteiger partial charge in [-0.05, 0) is 44.9 Å². The van der Waals surface area contributed by atoms with Crippen molar-refractivity contribution >= 4 is 13.7 Å². The minimum absolute atomic E-state index is 0.0431. The lowest BCUT2D eigenvalue weighted by atomic mass is 10.0. The van der Waals surface area contributed by atoms with Gasteiger partial charge in [0.1, 0.15) is 0 Å². The Hall–Kier alpha value is -1.32. The average molecular weight is 883 g/mol. The summed E-state index contributed by atoms with van der Waals surface area (Å²) in [5.41, 5.74) is 5.38. The molecule has 0 radical (unpaired) electrons. The monoisotopic (exact) mass is 883 g/mol. The summed E-state index contributed by atoms with van der Waals surface area (Å²) in [5, 5.41) is 24.1. The molecule has 0 aliphatic heterocycles. The third-order valence-corrected chi connectivity index (χ3v) is 12.5. The Balaban J connectivity index is 4.24. The van der Waals surface area contributed by atoms with Crippen molar-refractivity contribution in [2.75, 3.05) is 19.8 Å². The SMILES string of the molecule is CCCCCCCCCCC/C=C/CC/C=C/CC/C=C/C(O)C(COP(=O)(O)OCCN)NC(=O)CC(O)CCCCCCCCCCCCCCCCCCCCCC. The summed E-state index contributed by atoms with van der Waals surface area (Å²) in [6, 6.07) is -1.00. The van der Waals surface area contributed by atoms with E-state index in [9.17, 15) is 24.5 Å². The quantitative estimate of drug-likeness (QED) is 0.0230. The highest BCUT2D eigenvalue weighted by Gasteiger charge is 2.27. The largest absolute Gasteiger partial charge is 0.472 e. The number of hydrogen-bond donors (Lipinski definition) is 5. The van der Waals surface area contributed by atoms with E-state index in [0.29, 0.717) is 12.8 Å². The summed E-state index contributed by atoms with van der Waals surface area (Å²) in [5.74, 6) is -0.456. The molecule has 0 fully saturated rings. The van der Waals surface area contributed by atoms with Gasteiger partial charge in [0, 0.05) is 6.54 Å². The number of rotatable bonds is 48. The maximum Gasteiger partial charge on any atom is 0.472 e. The van der Waals surface area contributed by atoms with Gasteiger partial charge < -0.3 is 26.2 Å². The molecule has 360 valence electrons. The van der Waals surface area contributed by atoms with Crippen molar-refractivity contribution in [2.24, 2.45) is 5.73 Å². The van der Waals surface area contributed by atoms with Crippen molar-refractivity contribution in [3.63, 3.8) is 0 Å². The molecule has 4 atom stereocenters. The summed E-state index contributed by atoms with van der Waals surface area (Å²) >= 11 is 0. The fourth-order valence-corrected chi connectivity index (χ4v) is 8.38. The molecule has 0 bridgehead atoms. The van der Waals surface area contributed by atoms with Crippen molar-refractivity contribution in [1.29, 1.82) is 0 Å². The normalized spacial score (nSPS) is 14.7. The summed E-state index contributed by atoms with van der Waals surface area (Å²) < 4.78 is 22.1. The fourth-order valence-electron chi connectivity index (χ4n) is 7.62. The number of phosphoric acid groups is 1. The molecular weight excluding hydrogens is 784 g/mol. The Morgan fingerprint density at radius 1 is 0.557 bits per heavy atom. The fraction of sp³-hybridized carbons (Fsp3) is 0.863. The molecule has 10 heteroatoms. The van der Waals surface area contributed by atoms with E-state index in [4.69, 9.17) is 14.8 Å². The van der Waals surface area contributed by atoms with Crippen molar-refractivity contribution in [3.8, 4) is 0 Å². The van der Waals surface area contributed by atoms with E-state index in [2.05, 4.69) is 43.5 Å². The molecule has 0 saturated heterocycles. The van der Waals surface area contributed by atoms with Crippen molar-refractivity contribution in [1.82, 2.24) is 5.32 Å². The molecule has 6 N–H and O–H groups in total. The van der Waals surface area contributed by atoms with Crippen LogP contribution in [0.15, 0.2) is 36.5 Å². The van der Waals surface area contributed by atoms with Gasteiger partial charge in [0.25, 0.3) is 0 Å². The summed E-state index contributed by atoms with van der Waals surface area (Å²) in [6.07, 6.45) is 53.9. The lowest BCUT2D eigenvalue weighted by molar-refractivity contribution is -0.124. The molecule has 0 saturated carbocycles. The summed E-state index contributed by atoms with van der Waals surface area (Å²) in [4.78, 5) is 22.9. The number of carbonyl (C=O) groups excluding carboxylic acids is 1. The van der Waals surface area contributed by atoms with Crippen LogP contribution in [0.2, 0.25) is 0 Å². The van der Waals surface area contributed by atoms with Gasteiger partial charge in [-0.1, -0.05) is 230 Å². The van der Waals surface area contributed by atoms with Gasteiger partial charge in [0.2, 0.25) is 5.91 Å². The minimum atomic E-state index is -4.42. The molecule has 0 rings (SSSR count). The van der Waals surface area contributed by atoms with E-state index in [0.717, 1.165) is 44.9 Å². The van der Waals surface area contributed by atoms with Crippen LogP contribution in [0, 0.1) is 0 Å². The Morgan fingerprint density at radius 2 is 0.934 bits per heavy atom. The van der Waals surface area contributed by atoms with Crippen LogP contribution in [0.1, 0.15) is 245 Å². The molecule has 0 spiro atoms. The van der Waals surface area contributed by atoms with E-state index in [1.807, 2.05) is 6.08 Å². The van der Waals surface area contributed by atoms with Crippen LogP contribution >= 0.6 is 7.82 Å². The van der Waals surface area contributed by atoms with Gasteiger partial charge >= 0.3 is 7.82 Å². The standard InChI is InChI=1S/C51H99N2O7P/c1-3-5-7-9-11-13-15-17-19-21-23-25-26-28-30-32-34-36-38-40-42-48(54)46-51(56)53-49(47-60-61(57,58)59-45-44-52)50(55)43-41-39-37-35-33-31-29-27-24-22-20-18-16-14-12-10-8-6-4-2/h24,27,33,35,41,43,48-50,54-55H,3-23,25-26,28-32,34,36-40,42,44-47,52H2,1-2H3,(H,53,56)(H,57,58)/b27-24+,35-33+,43-41+. The van der Waals surface area contributed by atoms with Crippen molar-refractivity contribution in [3.05, 3.63) is 36.5 Å². The van der Waals surface area contributed by atoms with Gasteiger partial charge in [-0.25, -0.2) is 4.57 Å². The predicted molar refractivity (Wildman–Crippen MR) is 260 cm³/mol. The first-order valence-electron chi connectivity index (χ1n) is 25.7. The van der Waals surface area contributed by atoms with E-state index < -0.39 is 38.6 Å². The number of hydrogen-bond acceptors (Lipinski definition) is 7. The highest BCUT2D eigenvalue weighted by atomic mass is 31.2. The Labute approximate surface area is 376 Å². The first kappa shape index (κ1) is 59.7. The van der Waals surface area contributed by atoms with Crippen molar-refractivity contribution < 1.29 is 33.5 Å². The van der Waals surface area contributed by atoms with E-state index >= 15 is 0 Å². The summed E-state index contributed by atoms with van der Waals surface area (Å²) in [6.45, 7) is 3.97. The summed E-state index contributed by atoms with van der Waals surface area (Å²) in [7, 11) is -4.42. The number of unbranched alkanes of at least 4 members (excludes halogenated alkanes) is 30. The third kappa shape index (κ3) is 45.1. The zero-order valence-electron chi connectivity index (χ0n) is 39.8. The molecule has 0 aliphatic carbocycles. The zero-order chi connectivity index (χ0) is 44.8. The Kier molecular flexibility index (Phi) is 45.7. The van der Waals surface area contributed by atoms with Crippen molar-refractivity contribution in [2.45, 2.75) is 263 Å². The first-order chi connectivity index (χ1) is 29.8. The number of phosphoric ester groups is 1. The first-order valence-corrected chi connectivity index (χ1v) is 27.2. The molecule has 0 aliphatic rings. The molecule has 9 nitrogen and oxygen atoms in total. The Morgan fingerprint density at radius 3 is 1.36 bits per heavy atom. The highest BCUT2D eigenvalue weighted by Crippen LogP contribution is 2.43. The maximum absolute atomic E-state index is 12.9. The highest BCUT2D eigenvalue weighted by molar-refractivity contribution is 7.47. The maximum atomic E-state index is 12.9. The van der Waals surface area contributed by atoms with Crippen LogP contribution < -0.4 is 11.1 Å². The lowest BCUT2D eigenvalue weighted by Crippen LogP contribution is -2.46. The second-order valence-electron chi connectivity index (χ2n) is 17.6. The minimum Gasteiger partial charge on any atom is -0.393 e. The predicted octanol–water partition coefficient (Wildman–Crippen LogP) is 14.0. The molecule has 0 aromatic carbocycles. The van der Waals surface area contributed by atoms with Crippen LogP contribution in [-0.2, 0) is 18.4 Å². The lowest BCUT2D eigenvalue weighted by Gasteiger charge is -2.24. The van der Waals surface area contributed by atoms with Gasteiger partial charge in [-0.3, -0.25) is 13.8 Å². The Bertz CT molecular complexity index is 1070. The molecule has 0 aromatic heterocycles. The van der Waals surface area contributed by atoms with Crippen LogP contribution in [0.4, 0.5) is 0 Å². The second-order valence-corrected chi connectivity index (χ2v) is 19.0. The van der Waals surface area contributed by atoms with Crippen LogP contribution in [-0.4, -0.2) is 59.0 Å². The van der Waals surface area contributed by atoms with Gasteiger partial charge in [0.15, 0.2) is 0 Å². The number of nitrogens with two attached hydrogens (primary N) is 1. The number of allylic oxidation sites excluding steroid dienone is 5. The third-order valence-electron chi connectivity index (χ3n) is 11.5. The number of carbonyl (C=O) groups is 1. The molecule has 1 amide bonds. The van der Waals surface area contributed by atoms with E-state index in [1.165, 1.54) is 167 Å². The number of aliphatic hydroxyl groups is 2. The molecule has 4 unspecified atom stereocenters.